The van der Waals surface area contributed by atoms with Crippen molar-refractivity contribution in [1.82, 2.24) is 5.32 Å². The summed E-state index contributed by atoms with van der Waals surface area (Å²) in [5, 5.41) is 2.78. The molecular formula is C8H13NO3S. The summed E-state index contributed by atoms with van der Waals surface area (Å²) in [6.45, 7) is 0. The van der Waals surface area contributed by atoms with E-state index in [0.29, 0.717) is 6.42 Å². The summed E-state index contributed by atoms with van der Waals surface area (Å²) in [5.74, 6) is 0.569. The van der Waals surface area contributed by atoms with Crippen molar-refractivity contribution >= 4 is 15.7 Å². The fourth-order valence-corrected chi connectivity index (χ4v) is 3.25. The molecule has 0 aromatic carbocycles. The molecule has 1 heterocycles. The Morgan fingerprint density at radius 1 is 1.23 bits per heavy atom. The molecule has 2 rings (SSSR count). The number of carbonyl (C=O) groups excluding carboxylic acids is 1. The van der Waals surface area contributed by atoms with Crippen LogP contribution in [0.4, 0.5) is 0 Å². The van der Waals surface area contributed by atoms with Gasteiger partial charge in [0, 0.05) is 12.0 Å². The first-order valence-electron chi connectivity index (χ1n) is 4.58. The summed E-state index contributed by atoms with van der Waals surface area (Å²) in [6.07, 6.45) is 2.51. The van der Waals surface area contributed by atoms with Gasteiger partial charge in [0.05, 0.1) is 11.5 Å². The van der Waals surface area contributed by atoms with Gasteiger partial charge >= 0.3 is 0 Å². The predicted molar refractivity (Wildman–Crippen MR) is 47.9 cm³/mol. The van der Waals surface area contributed by atoms with Crippen molar-refractivity contribution < 1.29 is 13.2 Å². The summed E-state index contributed by atoms with van der Waals surface area (Å²) < 4.78 is 22.1. The van der Waals surface area contributed by atoms with Gasteiger partial charge in [-0.3, -0.25) is 4.79 Å². The predicted octanol–water partition coefficient (Wildman–Crippen LogP) is -0.300. The van der Waals surface area contributed by atoms with Crippen molar-refractivity contribution in [1.29, 1.82) is 0 Å². The van der Waals surface area contributed by atoms with Crippen LogP contribution in [-0.2, 0) is 14.6 Å². The fraction of sp³-hybridized carbons (Fsp3) is 0.875. The number of sulfone groups is 1. The van der Waals surface area contributed by atoms with Crippen LogP contribution in [0.5, 0.6) is 0 Å². The lowest BCUT2D eigenvalue weighted by atomic mass is 10.2. The smallest absolute Gasteiger partial charge is 0.223 e. The van der Waals surface area contributed by atoms with Crippen LogP contribution in [-0.4, -0.2) is 31.9 Å². The number of amides is 1. The molecule has 74 valence electrons. The molecule has 1 amide bonds. The van der Waals surface area contributed by atoms with Crippen molar-refractivity contribution in [3.05, 3.63) is 0 Å². The molecule has 1 saturated heterocycles. The summed E-state index contributed by atoms with van der Waals surface area (Å²) in [6, 6.07) is -0.127. The topological polar surface area (TPSA) is 63.2 Å². The van der Waals surface area contributed by atoms with E-state index in [1.807, 2.05) is 0 Å². The van der Waals surface area contributed by atoms with E-state index in [1.54, 1.807) is 0 Å². The number of hydrogen-bond acceptors (Lipinski definition) is 3. The van der Waals surface area contributed by atoms with E-state index >= 15 is 0 Å². The lowest BCUT2D eigenvalue weighted by Gasteiger charge is -2.09. The van der Waals surface area contributed by atoms with Crippen molar-refractivity contribution in [2.24, 2.45) is 5.92 Å². The number of nitrogens with one attached hydrogen (secondary N) is 1. The zero-order valence-corrected chi connectivity index (χ0v) is 8.14. The molecule has 1 aliphatic carbocycles. The minimum atomic E-state index is -2.86. The van der Waals surface area contributed by atoms with Crippen molar-refractivity contribution in [3.8, 4) is 0 Å². The van der Waals surface area contributed by atoms with Crippen molar-refractivity contribution in [2.75, 3.05) is 11.5 Å². The van der Waals surface area contributed by atoms with Gasteiger partial charge in [0.1, 0.15) is 0 Å². The minimum Gasteiger partial charge on any atom is -0.352 e. The Balaban J connectivity index is 1.86. The molecule has 2 fully saturated rings. The maximum atomic E-state index is 11.3. The average molecular weight is 203 g/mol. The van der Waals surface area contributed by atoms with Gasteiger partial charge < -0.3 is 5.32 Å². The van der Waals surface area contributed by atoms with Crippen LogP contribution in [0.1, 0.15) is 19.3 Å². The quantitative estimate of drug-likeness (QED) is 0.670. The molecule has 1 N–H and O–H groups in total. The molecule has 1 saturated carbocycles. The molecule has 0 radical (unpaired) electrons. The monoisotopic (exact) mass is 203 g/mol. The van der Waals surface area contributed by atoms with Crippen LogP contribution >= 0.6 is 0 Å². The van der Waals surface area contributed by atoms with Crippen LogP contribution in [0.3, 0.4) is 0 Å². The molecule has 4 nitrogen and oxygen atoms in total. The van der Waals surface area contributed by atoms with Gasteiger partial charge in [0.2, 0.25) is 5.91 Å². The Bertz CT molecular complexity index is 318. The molecule has 1 aliphatic heterocycles. The minimum absolute atomic E-state index is 0.0436. The van der Waals surface area contributed by atoms with E-state index in [0.717, 1.165) is 12.8 Å². The molecule has 0 aromatic heterocycles. The standard InChI is InChI=1S/C8H13NO3S/c10-8(6-1-2-6)9-7-3-4-13(11,12)5-7/h6-7H,1-5H2,(H,9,10)/t7-/m0/s1. The van der Waals surface area contributed by atoms with E-state index < -0.39 is 9.84 Å². The molecule has 1 atom stereocenters. The van der Waals surface area contributed by atoms with Gasteiger partial charge in [-0.1, -0.05) is 0 Å². The van der Waals surface area contributed by atoms with Gasteiger partial charge in [0.25, 0.3) is 0 Å². The van der Waals surface area contributed by atoms with Crippen molar-refractivity contribution in [2.45, 2.75) is 25.3 Å². The Kier molecular flexibility index (Phi) is 2.06. The molecule has 0 aromatic rings. The first-order chi connectivity index (χ1) is 6.07. The molecule has 0 unspecified atom stereocenters. The first-order valence-corrected chi connectivity index (χ1v) is 6.40. The molecule has 5 heteroatoms. The Morgan fingerprint density at radius 3 is 2.38 bits per heavy atom. The number of hydrogen-bond donors (Lipinski definition) is 1. The highest BCUT2D eigenvalue weighted by molar-refractivity contribution is 7.91. The Labute approximate surface area is 77.6 Å². The summed E-state index contributed by atoms with van der Waals surface area (Å²) >= 11 is 0. The third-order valence-electron chi connectivity index (χ3n) is 2.53. The zero-order valence-electron chi connectivity index (χ0n) is 7.32. The van der Waals surface area contributed by atoms with Gasteiger partial charge in [-0.25, -0.2) is 8.42 Å². The molecular weight excluding hydrogens is 190 g/mol. The maximum Gasteiger partial charge on any atom is 0.223 e. The highest BCUT2D eigenvalue weighted by atomic mass is 32.2. The Hall–Kier alpha value is -0.580. The normalized spacial score (nSPS) is 31.5. The van der Waals surface area contributed by atoms with Crippen molar-refractivity contribution in [3.63, 3.8) is 0 Å². The maximum absolute atomic E-state index is 11.3. The third-order valence-corrected chi connectivity index (χ3v) is 4.29. The van der Waals surface area contributed by atoms with Crippen LogP contribution < -0.4 is 5.32 Å². The second-order valence-corrected chi connectivity index (χ2v) is 6.11. The summed E-state index contributed by atoms with van der Waals surface area (Å²) in [5.41, 5.74) is 0. The van der Waals surface area contributed by atoms with Crippen LogP contribution in [0.2, 0.25) is 0 Å². The molecule has 13 heavy (non-hydrogen) atoms. The lowest BCUT2D eigenvalue weighted by molar-refractivity contribution is -0.122. The highest BCUT2D eigenvalue weighted by Gasteiger charge is 2.34. The summed E-state index contributed by atoms with van der Waals surface area (Å²) in [4.78, 5) is 11.3. The van der Waals surface area contributed by atoms with Gasteiger partial charge in [-0.05, 0) is 19.3 Å². The molecule has 2 aliphatic rings. The van der Waals surface area contributed by atoms with E-state index in [1.165, 1.54) is 0 Å². The first kappa shape index (κ1) is 8.99. The van der Waals surface area contributed by atoms with Crippen LogP contribution in [0, 0.1) is 5.92 Å². The van der Waals surface area contributed by atoms with Gasteiger partial charge in [-0.2, -0.15) is 0 Å². The zero-order chi connectivity index (χ0) is 9.47. The van der Waals surface area contributed by atoms with E-state index in [2.05, 4.69) is 5.32 Å². The SMILES string of the molecule is O=C(N[C@H]1CCS(=O)(=O)C1)C1CC1. The fourth-order valence-electron chi connectivity index (χ4n) is 1.57. The van der Waals surface area contributed by atoms with E-state index in [4.69, 9.17) is 0 Å². The average Bonchev–Trinajstić information content (AvgIpc) is 2.78. The second-order valence-electron chi connectivity index (χ2n) is 3.88. The largest absolute Gasteiger partial charge is 0.352 e. The highest BCUT2D eigenvalue weighted by Crippen LogP contribution is 2.29. The Morgan fingerprint density at radius 2 is 1.92 bits per heavy atom. The van der Waals surface area contributed by atoms with Gasteiger partial charge in [0.15, 0.2) is 9.84 Å². The van der Waals surface area contributed by atoms with Crippen LogP contribution in [0.25, 0.3) is 0 Å². The van der Waals surface area contributed by atoms with Crippen LogP contribution in [0.15, 0.2) is 0 Å². The second kappa shape index (κ2) is 2.97. The summed E-state index contributed by atoms with van der Waals surface area (Å²) in [7, 11) is -2.86. The number of carbonyl (C=O) groups is 1. The molecule has 0 bridgehead atoms. The lowest BCUT2D eigenvalue weighted by Crippen LogP contribution is -2.36. The van der Waals surface area contributed by atoms with E-state index in [9.17, 15) is 13.2 Å². The molecule has 0 spiro atoms. The van der Waals surface area contributed by atoms with E-state index in [-0.39, 0.29) is 29.4 Å². The number of rotatable bonds is 2. The third kappa shape index (κ3) is 2.21. The van der Waals surface area contributed by atoms with Gasteiger partial charge in [-0.15, -0.1) is 0 Å².